The number of amides is 2. The third-order valence-electron chi connectivity index (χ3n) is 5.49. The van der Waals surface area contributed by atoms with E-state index in [9.17, 15) is 14.4 Å². The molecule has 1 aromatic heterocycles. The fraction of sp³-hybridized carbons (Fsp3) is 0.381. The Labute approximate surface area is 168 Å². The quantitative estimate of drug-likeness (QED) is 0.525. The van der Waals surface area contributed by atoms with Gasteiger partial charge in [-0.25, -0.2) is 4.79 Å². The second kappa shape index (κ2) is 7.98. The Morgan fingerprint density at radius 1 is 1.17 bits per heavy atom. The summed E-state index contributed by atoms with van der Waals surface area (Å²) in [5.74, 6) is 0.00718. The average Bonchev–Trinajstić information content (AvgIpc) is 3.39. The van der Waals surface area contributed by atoms with E-state index in [4.69, 9.17) is 13.9 Å². The molecule has 2 aromatic rings. The van der Waals surface area contributed by atoms with Crippen LogP contribution in [0.5, 0.6) is 0 Å². The molecular weight excluding hydrogens is 376 g/mol. The maximum Gasteiger partial charge on any atom is 0.411 e. The SMILES string of the molecule is COC(=O)CN1C(=O)C(N2C(=O)OCC2c2ccccc2)C1CCc1ccco1. The van der Waals surface area contributed by atoms with Crippen molar-refractivity contribution in [2.24, 2.45) is 0 Å². The van der Waals surface area contributed by atoms with Gasteiger partial charge in [0.05, 0.1) is 25.5 Å². The van der Waals surface area contributed by atoms with Crippen molar-refractivity contribution in [3.05, 3.63) is 60.1 Å². The number of carbonyl (C=O) groups is 3. The van der Waals surface area contributed by atoms with Crippen LogP contribution >= 0.6 is 0 Å². The number of esters is 1. The fourth-order valence-corrected chi connectivity index (χ4v) is 4.02. The van der Waals surface area contributed by atoms with Crippen LogP contribution in [-0.4, -0.2) is 60.1 Å². The normalized spacial score (nSPS) is 23.7. The number of furan rings is 1. The van der Waals surface area contributed by atoms with Crippen molar-refractivity contribution in [3.8, 4) is 0 Å². The second-order valence-corrected chi connectivity index (χ2v) is 7.08. The van der Waals surface area contributed by atoms with E-state index in [1.165, 1.54) is 16.9 Å². The maximum atomic E-state index is 12.9. The molecule has 2 amide bonds. The molecule has 0 N–H and O–H groups in total. The van der Waals surface area contributed by atoms with Crippen molar-refractivity contribution in [3.63, 3.8) is 0 Å². The second-order valence-electron chi connectivity index (χ2n) is 7.08. The van der Waals surface area contributed by atoms with Gasteiger partial charge in [0.25, 0.3) is 0 Å². The Hall–Kier alpha value is -3.29. The summed E-state index contributed by atoms with van der Waals surface area (Å²) in [6.07, 6.45) is 2.20. The largest absolute Gasteiger partial charge is 0.469 e. The van der Waals surface area contributed by atoms with Crippen LogP contribution in [0.25, 0.3) is 0 Å². The van der Waals surface area contributed by atoms with Gasteiger partial charge in [-0.15, -0.1) is 0 Å². The molecule has 8 nitrogen and oxygen atoms in total. The van der Waals surface area contributed by atoms with Gasteiger partial charge in [0.2, 0.25) is 5.91 Å². The van der Waals surface area contributed by atoms with Crippen LogP contribution < -0.4 is 0 Å². The molecule has 0 spiro atoms. The van der Waals surface area contributed by atoms with Crippen molar-refractivity contribution in [2.45, 2.75) is 31.0 Å². The van der Waals surface area contributed by atoms with Gasteiger partial charge in [-0.2, -0.15) is 0 Å². The minimum atomic E-state index is -0.685. The first-order chi connectivity index (χ1) is 14.1. The monoisotopic (exact) mass is 398 g/mol. The molecule has 1 aromatic carbocycles. The number of β-lactam (4-membered cyclic amide) rings is 1. The van der Waals surface area contributed by atoms with Gasteiger partial charge in [-0.05, 0) is 24.1 Å². The topological polar surface area (TPSA) is 89.3 Å². The van der Waals surface area contributed by atoms with Crippen LogP contribution in [0.3, 0.4) is 0 Å². The lowest BCUT2D eigenvalue weighted by molar-refractivity contribution is -0.165. The van der Waals surface area contributed by atoms with Crippen LogP contribution in [-0.2, 0) is 25.5 Å². The molecule has 2 aliphatic rings. The Kier molecular flexibility index (Phi) is 5.24. The van der Waals surface area contributed by atoms with Gasteiger partial charge in [-0.1, -0.05) is 30.3 Å². The van der Waals surface area contributed by atoms with E-state index >= 15 is 0 Å². The fourth-order valence-electron chi connectivity index (χ4n) is 4.02. The van der Waals surface area contributed by atoms with Gasteiger partial charge < -0.3 is 18.8 Å². The predicted octanol–water partition coefficient (Wildman–Crippen LogP) is 2.16. The predicted molar refractivity (Wildman–Crippen MR) is 101 cm³/mol. The number of cyclic esters (lactones) is 1. The highest BCUT2D eigenvalue weighted by atomic mass is 16.6. The van der Waals surface area contributed by atoms with E-state index in [0.29, 0.717) is 12.8 Å². The number of benzene rings is 1. The van der Waals surface area contributed by atoms with Gasteiger partial charge in [0.15, 0.2) is 0 Å². The summed E-state index contributed by atoms with van der Waals surface area (Å²) in [7, 11) is 1.28. The molecule has 29 heavy (non-hydrogen) atoms. The van der Waals surface area contributed by atoms with E-state index in [1.54, 1.807) is 12.3 Å². The molecule has 0 saturated carbocycles. The molecule has 2 saturated heterocycles. The number of likely N-dealkylation sites (tertiary alicyclic amines) is 1. The molecule has 4 rings (SSSR count). The lowest BCUT2D eigenvalue weighted by atomic mass is 9.87. The minimum Gasteiger partial charge on any atom is -0.469 e. The zero-order valence-electron chi connectivity index (χ0n) is 16.0. The standard InChI is InChI=1S/C21H22N2O6/c1-27-18(24)12-22-16(10-9-15-8-5-11-28-15)19(20(22)25)23-17(13-29-21(23)26)14-6-3-2-4-7-14/h2-8,11,16-17,19H,9-10,12-13H2,1H3. The first-order valence-electron chi connectivity index (χ1n) is 9.50. The molecule has 2 fully saturated rings. The molecule has 2 aliphatic heterocycles. The number of aryl methyl sites for hydroxylation is 1. The van der Waals surface area contributed by atoms with Crippen LogP contribution in [0, 0.1) is 0 Å². The smallest absolute Gasteiger partial charge is 0.411 e. The van der Waals surface area contributed by atoms with E-state index in [0.717, 1.165) is 11.3 Å². The van der Waals surface area contributed by atoms with E-state index in [1.807, 2.05) is 36.4 Å². The van der Waals surface area contributed by atoms with Gasteiger partial charge >= 0.3 is 12.1 Å². The van der Waals surface area contributed by atoms with Crippen molar-refractivity contribution in [2.75, 3.05) is 20.3 Å². The van der Waals surface area contributed by atoms with Crippen molar-refractivity contribution in [1.29, 1.82) is 0 Å². The number of rotatable bonds is 7. The molecule has 152 valence electrons. The summed E-state index contributed by atoms with van der Waals surface area (Å²) in [5.41, 5.74) is 0.905. The van der Waals surface area contributed by atoms with E-state index < -0.39 is 18.1 Å². The molecule has 0 aliphatic carbocycles. The molecule has 8 heteroatoms. The minimum absolute atomic E-state index is 0.145. The zero-order chi connectivity index (χ0) is 20.4. The van der Waals surface area contributed by atoms with Crippen LogP contribution in [0.2, 0.25) is 0 Å². The number of carbonyl (C=O) groups excluding carboxylic acids is 3. The average molecular weight is 398 g/mol. The van der Waals surface area contributed by atoms with Gasteiger partial charge in [0, 0.05) is 6.42 Å². The van der Waals surface area contributed by atoms with Gasteiger partial charge in [0.1, 0.15) is 25.0 Å². The Bertz CT molecular complexity index is 882. The summed E-state index contributed by atoms with van der Waals surface area (Å²) in [4.78, 5) is 40.2. The van der Waals surface area contributed by atoms with Crippen LogP contribution in [0.4, 0.5) is 4.79 Å². The van der Waals surface area contributed by atoms with Crippen molar-refractivity contribution in [1.82, 2.24) is 9.80 Å². The lowest BCUT2D eigenvalue weighted by Crippen LogP contribution is -2.71. The highest BCUT2D eigenvalue weighted by Gasteiger charge is 2.56. The Balaban J connectivity index is 1.57. The van der Waals surface area contributed by atoms with Crippen molar-refractivity contribution < 1.29 is 28.3 Å². The highest BCUT2D eigenvalue weighted by molar-refractivity contribution is 5.95. The number of ether oxygens (including phenoxy) is 2. The number of methoxy groups -OCH3 is 1. The summed E-state index contributed by atoms with van der Waals surface area (Å²) in [6.45, 7) is 0.0437. The highest BCUT2D eigenvalue weighted by Crippen LogP contribution is 2.38. The first kappa shape index (κ1) is 19.0. The third-order valence-corrected chi connectivity index (χ3v) is 5.49. The summed E-state index contributed by atoms with van der Waals surface area (Å²) in [6, 6.07) is 11.8. The first-order valence-corrected chi connectivity index (χ1v) is 9.50. The molecular formula is C21H22N2O6. The molecule has 3 heterocycles. The Morgan fingerprint density at radius 2 is 1.97 bits per heavy atom. The van der Waals surface area contributed by atoms with Crippen molar-refractivity contribution >= 4 is 18.0 Å². The van der Waals surface area contributed by atoms with E-state index in [2.05, 4.69) is 0 Å². The zero-order valence-corrected chi connectivity index (χ0v) is 16.0. The summed E-state index contributed by atoms with van der Waals surface area (Å²) in [5, 5.41) is 0. The van der Waals surface area contributed by atoms with Crippen LogP contribution in [0.15, 0.2) is 53.1 Å². The molecule has 3 atom stereocenters. The summed E-state index contributed by atoms with van der Waals surface area (Å²) >= 11 is 0. The van der Waals surface area contributed by atoms with Gasteiger partial charge in [-0.3, -0.25) is 14.5 Å². The number of hydrogen-bond acceptors (Lipinski definition) is 6. The summed E-state index contributed by atoms with van der Waals surface area (Å²) < 4.78 is 15.4. The Morgan fingerprint density at radius 3 is 2.66 bits per heavy atom. The molecule has 0 radical (unpaired) electrons. The van der Waals surface area contributed by atoms with Crippen LogP contribution in [0.1, 0.15) is 23.8 Å². The van der Waals surface area contributed by atoms with E-state index in [-0.39, 0.29) is 31.1 Å². The molecule has 3 unspecified atom stereocenters. The number of hydrogen-bond donors (Lipinski definition) is 0. The number of nitrogens with zero attached hydrogens (tertiary/aromatic N) is 2. The lowest BCUT2D eigenvalue weighted by Gasteiger charge is -2.50. The third kappa shape index (κ3) is 3.57. The molecule has 0 bridgehead atoms. The maximum absolute atomic E-state index is 12.9.